The highest BCUT2D eigenvalue weighted by atomic mass is 16.2. The lowest BCUT2D eigenvalue weighted by atomic mass is 10.1. The molecule has 0 saturated carbocycles. The molecule has 0 fully saturated rings. The van der Waals surface area contributed by atoms with E-state index in [0.29, 0.717) is 16.6 Å². The Labute approximate surface area is 110 Å². The maximum atomic E-state index is 12.4. The summed E-state index contributed by atoms with van der Waals surface area (Å²) in [5.41, 5.74) is 1.78. The van der Waals surface area contributed by atoms with Gasteiger partial charge in [0.25, 0.3) is 5.91 Å². The first kappa shape index (κ1) is 11.4. The number of hydrogen-bond acceptors (Lipinski definition) is 2. The van der Waals surface area contributed by atoms with Crippen LogP contribution in [0, 0.1) is 0 Å². The van der Waals surface area contributed by atoms with Crippen LogP contribution in [0.3, 0.4) is 0 Å². The monoisotopic (exact) mass is 249 g/mol. The van der Waals surface area contributed by atoms with Gasteiger partial charge in [0, 0.05) is 22.7 Å². The third kappa shape index (κ3) is 1.85. The van der Waals surface area contributed by atoms with Crippen molar-refractivity contribution in [3.63, 3.8) is 0 Å². The second-order valence-corrected chi connectivity index (χ2v) is 4.26. The third-order valence-corrected chi connectivity index (χ3v) is 3.11. The van der Waals surface area contributed by atoms with E-state index in [1.54, 1.807) is 24.4 Å². The van der Waals surface area contributed by atoms with E-state index in [9.17, 15) is 9.59 Å². The summed E-state index contributed by atoms with van der Waals surface area (Å²) in [5, 5.41) is 0.883. The number of aromatic nitrogens is 1. The van der Waals surface area contributed by atoms with Crippen molar-refractivity contribution in [1.82, 2.24) is 4.57 Å². The first-order chi connectivity index (χ1) is 9.31. The molecule has 3 nitrogen and oxygen atoms in total. The Kier molecular flexibility index (Phi) is 2.72. The second kappa shape index (κ2) is 4.53. The van der Waals surface area contributed by atoms with E-state index >= 15 is 0 Å². The number of hydrogen-bond donors (Lipinski definition) is 0. The second-order valence-electron chi connectivity index (χ2n) is 4.26. The number of aldehydes is 1. The summed E-state index contributed by atoms with van der Waals surface area (Å²) in [6, 6.07) is 16.3. The molecule has 0 aliphatic rings. The minimum absolute atomic E-state index is 0.134. The van der Waals surface area contributed by atoms with Crippen LogP contribution in [0.2, 0.25) is 0 Å². The summed E-state index contributed by atoms with van der Waals surface area (Å²) < 4.78 is 1.52. The van der Waals surface area contributed by atoms with Crippen LogP contribution in [-0.4, -0.2) is 16.8 Å². The summed E-state index contributed by atoms with van der Waals surface area (Å²) in [6.07, 6.45) is 2.48. The Morgan fingerprint density at radius 3 is 2.47 bits per heavy atom. The summed E-state index contributed by atoms with van der Waals surface area (Å²) in [5.74, 6) is -0.134. The Morgan fingerprint density at radius 2 is 1.74 bits per heavy atom. The van der Waals surface area contributed by atoms with Crippen molar-refractivity contribution in [3.8, 4) is 0 Å². The average molecular weight is 249 g/mol. The zero-order valence-electron chi connectivity index (χ0n) is 10.1. The van der Waals surface area contributed by atoms with Crippen molar-refractivity contribution in [2.75, 3.05) is 0 Å². The lowest BCUT2D eigenvalue weighted by molar-refractivity contribution is 0.0965. The maximum Gasteiger partial charge on any atom is 0.262 e. The summed E-state index contributed by atoms with van der Waals surface area (Å²) in [7, 11) is 0. The molecule has 2 aromatic carbocycles. The summed E-state index contributed by atoms with van der Waals surface area (Å²) in [4.78, 5) is 23.5. The number of benzene rings is 2. The van der Waals surface area contributed by atoms with Crippen LogP contribution < -0.4 is 0 Å². The van der Waals surface area contributed by atoms with E-state index < -0.39 is 0 Å². The molecule has 0 radical (unpaired) electrons. The van der Waals surface area contributed by atoms with Crippen molar-refractivity contribution in [2.45, 2.75) is 0 Å². The first-order valence-electron chi connectivity index (χ1n) is 5.96. The molecule has 3 rings (SSSR count). The highest BCUT2D eigenvalue weighted by molar-refractivity contribution is 6.06. The molecule has 1 aromatic heterocycles. The number of carbonyl (C=O) groups excluding carboxylic acids is 2. The predicted molar refractivity (Wildman–Crippen MR) is 73.5 cm³/mol. The zero-order chi connectivity index (χ0) is 13.2. The number of fused-ring (bicyclic) bond motifs is 1. The van der Waals surface area contributed by atoms with E-state index in [2.05, 4.69) is 0 Å². The lowest BCUT2D eigenvalue weighted by Gasteiger charge is -2.05. The van der Waals surface area contributed by atoms with Crippen LogP contribution in [0.4, 0.5) is 0 Å². The van der Waals surface area contributed by atoms with Gasteiger partial charge in [-0.25, -0.2) is 0 Å². The molecule has 0 spiro atoms. The minimum atomic E-state index is -0.134. The predicted octanol–water partition coefficient (Wildman–Crippen LogP) is 3.14. The standard InChI is InChI=1S/C16H11NO2/c18-11-14-8-4-7-12-9-10-17(15(12)14)16(19)13-5-2-1-3-6-13/h1-11H. The molecule has 92 valence electrons. The molecule has 0 aliphatic carbocycles. The molecule has 0 amide bonds. The Morgan fingerprint density at radius 1 is 0.947 bits per heavy atom. The Balaban J connectivity index is 2.21. The largest absolute Gasteiger partial charge is 0.298 e. The first-order valence-corrected chi connectivity index (χ1v) is 5.96. The van der Waals surface area contributed by atoms with Crippen LogP contribution >= 0.6 is 0 Å². The summed E-state index contributed by atoms with van der Waals surface area (Å²) in [6.45, 7) is 0. The van der Waals surface area contributed by atoms with E-state index in [-0.39, 0.29) is 5.91 Å². The van der Waals surface area contributed by atoms with Gasteiger partial charge in [0.1, 0.15) is 0 Å². The van der Waals surface area contributed by atoms with Crippen LogP contribution in [0.5, 0.6) is 0 Å². The van der Waals surface area contributed by atoms with Gasteiger partial charge in [0.15, 0.2) is 6.29 Å². The number of nitrogens with zero attached hydrogens (tertiary/aromatic N) is 1. The van der Waals surface area contributed by atoms with Gasteiger partial charge in [-0.1, -0.05) is 30.3 Å². The van der Waals surface area contributed by atoms with E-state index in [1.165, 1.54) is 4.57 Å². The normalized spacial score (nSPS) is 10.5. The van der Waals surface area contributed by atoms with Gasteiger partial charge in [-0.15, -0.1) is 0 Å². The Hall–Kier alpha value is -2.68. The van der Waals surface area contributed by atoms with Gasteiger partial charge >= 0.3 is 0 Å². The molecule has 0 aliphatic heterocycles. The van der Waals surface area contributed by atoms with Crippen LogP contribution in [0.25, 0.3) is 10.9 Å². The average Bonchev–Trinajstić information content (AvgIpc) is 2.91. The number of para-hydroxylation sites is 1. The van der Waals surface area contributed by atoms with Crippen molar-refractivity contribution in [3.05, 3.63) is 71.9 Å². The SMILES string of the molecule is O=Cc1cccc2ccn(C(=O)c3ccccc3)c12. The highest BCUT2D eigenvalue weighted by Gasteiger charge is 2.13. The highest BCUT2D eigenvalue weighted by Crippen LogP contribution is 2.20. The van der Waals surface area contributed by atoms with Gasteiger partial charge in [0.2, 0.25) is 0 Å². The number of carbonyl (C=O) groups is 2. The molecule has 19 heavy (non-hydrogen) atoms. The summed E-state index contributed by atoms with van der Waals surface area (Å²) >= 11 is 0. The zero-order valence-corrected chi connectivity index (χ0v) is 10.1. The van der Waals surface area contributed by atoms with Gasteiger partial charge < -0.3 is 0 Å². The van der Waals surface area contributed by atoms with Crippen LogP contribution in [-0.2, 0) is 0 Å². The molecule has 0 bridgehead atoms. The van der Waals surface area contributed by atoms with Gasteiger partial charge in [-0.3, -0.25) is 14.2 Å². The quantitative estimate of drug-likeness (QED) is 0.654. The van der Waals surface area contributed by atoms with Gasteiger partial charge in [-0.2, -0.15) is 0 Å². The fourth-order valence-electron chi connectivity index (χ4n) is 2.21. The molecule has 0 atom stereocenters. The van der Waals surface area contributed by atoms with Crippen molar-refractivity contribution in [1.29, 1.82) is 0 Å². The maximum absolute atomic E-state index is 12.4. The lowest BCUT2D eigenvalue weighted by Crippen LogP contribution is -2.11. The van der Waals surface area contributed by atoms with E-state index in [4.69, 9.17) is 0 Å². The smallest absolute Gasteiger partial charge is 0.262 e. The fraction of sp³-hybridized carbons (Fsp3) is 0. The molecular weight excluding hydrogens is 238 g/mol. The van der Waals surface area contributed by atoms with Crippen LogP contribution in [0.15, 0.2) is 60.8 Å². The number of rotatable bonds is 2. The van der Waals surface area contributed by atoms with E-state index in [0.717, 1.165) is 11.7 Å². The molecular formula is C16H11NO2. The van der Waals surface area contributed by atoms with Crippen molar-refractivity contribution < 1.29 is 9.59 Å². The molecule has 0 saturated heterocycles. The minimum Gasteiger partial charge on any atom is -0.298 e. The molecule has 1 heterocycles. The van der Waals surface area contributed by atoms with E-state index in [1.807, 2.05) is 36.4 Å². The molecule has 0 N–H and O–H groups in total. The fourth-order valence-corrected chi connectivity index (χ4v) is 2.21. The third-order valence-electron chi connectivity index (χ3n) is 3.11. The molecule has 3 aromatic rings. The van der Waals surface area contributed by atoms with Crippen molar-refractivity contribution >= 4 is 23.1 Å². The Bertz CT molecular complexity index is 757. The van der Waals surface area contributed by atoms with Gasteiger partial charge in [-0.05, 0) is 24.3 Å². The van der Waals surface area contributed by atoms with Crippen LogP contribution in [0.1, 0.15) is 20.7 Å². The topological polar surface area (TPSA) is 39.1 Å². The van der Waals surface area contributed by atoms with Gasteiger partial charge in [0.05, 0.1) is 5.52 Å². The molecule has 3 heteroatoms. The van der Waals surface area contributed by atoms with Crippen molar-refractivity contribution in [2.24, 2.45) is 0 Å². The molecule has 0 unspecified atom stereocenters.